The SMILES string of the molecule is CCc1cccc(NS(=O)(=O)N2CCN(c3cc(C#N)ccn3)CC2)n1. The van der Waals surface area contributed by atoms with E-state index in [1.54, 1.807) is 30.5 Å². The molecule has 26 heavy (non-hydrogen) atoms. The first-order chi connectivity index (χ1) is 12.5. The van der Waals surface area contributed by atoms with E-state index in [-0.39, 0.29) is 0 Å². The number of pyridine rings is 2. The molecule has 2 aromatic heterocycles. The number of hydrogen-bond donors (Lipinski definition) is 1. The third kappa shape index (κ3) is 4.09. The Morgan fingerprint density at radius 3 is 2.69 bits per heavy atom. The van der Waals surface area contributed by atoms with Gasteiger partial charge in [0.2, 0.25) is 0 Å². The van der Waals surface area contributed by atoms with Gasteiger partial charge >= 0.3 is 10.2 Å². The largest absolute Gasteiger partial charge is 0.354 e. The highest BCUT2D eigenvalue weighted by molar-refractivity contribution is 7.90. The summed E-state index contributed by atoms with van der Waals surface area (Å²) in [6, 6.07) is 10.7. The molecule has 0 radical (unpaired) electrons. The Bertz CT molecular complexity index is 917. The number of rotatable bonds is 5. The molecule has 8 nitrogen and oxygen atoms in total. The number of hydrogen-bond acceptors (Lipinski definition) is 6. The first-order valence-electron chi connectivity index (χ1n) is 8.37. The molecule has 0 atom stereocenters. The minimum absolute atomic E-state index is 0.329. The molecule has 3 heterocycles. The van der Waals surface area contributed by atoms with Crippen LogP contribution in [0.2, 0.25) is 0 Å². The second-order valence-electron chi connectivity index (χ2n) is 5.88. The van der Waals surface area contributed by atoms with Crippen LogP contribution >= 0.6 is 0 Å². The van der Waals surface area contributed by atoms with Crippen molar-refractivity contribution in [2.75, 3.05) is 35.8 Å². The predicted octanol–water partition coefficient (Wildman–Crippen LogP) is 1.39. The summed E-state index contributed by atoms with van der Waals surface area (Å²) in [5, 5.41) is 8.99. The van der Waals surface area contributed by atoms with Crippen molar-refractivity contribution in [2.45, 2.75) is 13.3 Å². The normalized spacial score (nSPS) is 15.5. The Morgan fingerprint density at radius 2 is 2.00 bits per heavy atom. The van der Waals surface area contributed by atoms with E-state index in [2.05, 4.69) is 20.8 Å². The second kappa shape index (κ2) is 7.68. The molecule has 3 rings (SSSR count). The van der Waals surface area contributed by atoms with Crippen molar-refractivity contribution < 1.29 is 8.42 Å². The zero-order chi connectivity index (χ0) is 18.6. The molecule has 1 saturated heterocycles. The molecule has 136 valence electrons. The predicted molar refractivity (Wildman–Crippen MR) is 98.9 cm³/mol. The van der Waals surface area contributed by atoms with Crippen LogP contribution in [0.5, 0.6) is 0 Å². The summed E-state index contributed by atoms with van der Waals surface area (Å²) >= 11 is 0. The monoisotopic (exact) mass is 372 g/mol. The number of anilines is 2. The van der Waals surface area contributed by atoms with Crippen molar-refractivity contribution in [3.05, 3.63) is 47.8 Å². The molecule has 0 amide bonds. The van der Waals surface area contributed by atoms with Gasteiger partial charge in [-0.15, -0.1) is 0 Å². The van der Waals surface area contributed by atoms with Gasteiger partial charge in [-0.2, -0.15) is 18.0 Å². The highest BCUT2D eigenvalue weighted by Crippen LogP contribution is 2.17. The van der Waals surface area contributed by atoms with E-state index in [0.717, 1.165) is 12.1 Å². The molecule has 1 fully saturated rings. The average Bonchev–Trinajstić information content (AvgIpc) is 2.68. The molecule has 2 aromatic rings. The highest BCUT2D eigenvalue weighted by Gasteiger charge is 2.27. The molecule has 0 bridgehead atoms. The van der Waals surface area contributed by atoms with E-state index in [9.17, 15) is 8.42 Å². The maximum absolute atomic E-state index is 12.6. The molecule has 0 unspecified atom stereocenters. The number of nitrogens with one attached hydrogen (secondary N) is 1. The fourth-order valence-corrected chi connectivity index (χ4v) is 3.90. The van der Waals surface area contributed by atoms with Crippen LogP contribution in [-0.4, -0.2) is 48.9 Å². The number of aryl methyl sites for hydroxylation is 1. The maximum atomic E-state index is 12.6. The van der Waals surface area contributed by atoms with Crippen LogP contribution in [0.3, 0.4) is 0 Å². The Labute approximate surface area is 153 Å². The third-order valence-corrected chi connectivity index (χ3v) is 5.69. The fraction of sp³-hybridized carbons (Fsp3) is 0.353. The van der Waals surface area contributed by atoms with Crippen molar-refractivity contribution in [2.24, 2.45) is 0 Å². The maximum Gasteiger partial charge on any atom is 0.302 e. The van der Waals surface area contributed by atoms with Crippen molar-refractivity contribution in [3.63, 3.8) is 0 Å². The smallest absolute Gasteiger partial charge is 0.302 e. The molecule has 9 heteroatoms. The lowest BCUT2D eigenvalue weighted by Crippen LogP contribution is -2.50. The first-order valence-corrected chi connectivity index (χ1v) is 9.81. The third-order valence-electron chi connectivity index (χ3n) is 4.18. The van der Waals surface area contributed by atoms with Gasteiger partial charge < -0.3 is 4.90 Å². The van der Waals surface area contributed by atoms with Crippen molar-refractivity contribution in [3.8, 4) is 6.07 Å². The van der Waals surface area contributed by atoms with Crippen molar-refractivity contribution in [1.82, 2.24) is 14.3 Å². The molecule has 1 aliphatic rings. The minimum atomic E-state index is -3.66. The van der Waals surface area contributed by atoms with Gasteiger partial charge in [-0.1, -0.05) is 13.0 Å². The summed E-state index contributed by atoms with van der Waals surface area (Å²) in [7, 11) is -3.66. The van der Waals surface area contributed by atoms with Crippen molar-refractivity contribution in [1.29, 1.82) is 5.26 Å². The topological polar surface area (TPSA) is 102 Å². The van der Waals surface area contributed by atoms with Crippen LogP contribution < -0.4 is 9.62 Å². The van der Waals surface area contributed by atoms with E-state index >= 15 is 0 Å². The van der Waals surface area contributed by atoms with Gasteiger partial charge in [0.25, 0.3) is 0 Å². The number of nitrogens with zero attached hydrogens (tertiary/aromatic N) is 5. The van der Waals surface area contributed by atoms with E-state index in [1.807, 2.05) is 17.9 Å². The van der Waals surface area contributed by atoms with Gasteiger partial charge in [-0.05, 0) is 30.7 Å². The molecule has 1 N–H and O–H groups in total. The number of nitriles is 1. The van der Waals surface area contributed by atoms with E-state index in [1.165, 1.54) is 4.31 Å². The molecule has 0 aromatic carbocycles. The van der Waals surface area contributed by atoms with E-state index in [4.69, 9.17) is 5.26 Å². The van der Waals surface area contributed by atoms with Crippen molar-refractivity contribution >= 4 is 21.8 Å². The summed E-state index contributed by atoms with van der Waals surface area (Å²) < 4.78 is 29.1. The van der Waals surface area contributed by atoms with Gasteiger partial charge in [0.15, 0.2) is 0 Å². The Kier molecular flexibility index (Phi) is 5.35. The Hall–Kier alpha value is -2.70. The van der Waals surface area contributed by atoms with Crippen LogP contribution in [0.25, 0.3) is 0 Å². The molecular weight excluding hydrogens is 352 g/mol. The van der Waals surface area contributed by atoms with Crippen LogP contribution in [-0.2, 0) is 16.6 Å². The first kappa shape index (κ1) is 18.1. The van der Waals surface area contributed by atoms with Crippen LogP contribution in [0, 0.1) is 11.3 Å². The van der Waals surface area contributed by atoms with Crippen LogP contribution in [0.1, 0.15) is 18.2 Å². The summed E-state index contributed by atoms with van der Waals surface area (Å²) in [4.78, 5) is 10.5. The van der Waals surface area contributed by atoms with Gasteiger partial charge in [-0.25, -0.2) is 9.97 Å². The summed E-state index contributed by atoms with van der Waals surface area (Å²) in [6.45, 7) is 3.65. The van der Waals surface area contributed by atoms with E-state index in [0.29, 0.717) is 43.4 Å². The highest BCUT2D eigenvalue weighted by atomic mass is 32.2. The van der Waals surface area contributed by atoms with Gasteiger partial charge in [0, 0.05) is 38.1 Å². The molecule has 0 aliphatic carbocycles. The van der Waals surface area contributed by atoms with E-state index < -0.39 is 10.2 Å². The average molecular weight is 372 g/mol. The molecular formula is C17H20N6O2S. The standard InChI is InChI=1S/C17H20N6O2S/c1-2-15-4-3-5-16(20-15)21-26(24,25)23-10-8-22(9-11-23)17-12-14(13-18)6-7-19-17/h3-7,12H,2,8-11H2,1H3,(H,20,21). The zero-order valence-electron chi connectivity index (χ0n) is 14.5. The quantitative estimate of drug-likeness (QED) is 0.851. The molecule has 1 aliphatic heterocycles. The number of piperazine rings is 1. The zero-order valence-corrected chi connectivity index (χ0v) is 15.3. The molecule has 0 saturated carbocycles. The van der Waals surface area contributed by atoms with Gasteiger partial charge in [0.05, 0.1) is 11.6 Å². The minimum Gasteiger partial charge on any atom is -0.354 e. The Balaban J connectivity index is 1.65. The lowest BCUT2D eigenvalue weighted by molar-refractivity contribution is 0.386. The van der Waals surface area contributed by atoms with Crippen LogP contribution in [0.15, 0.2) is 36.5 Å². The lowest BCUT2D eigenvalue weighted by Gasteiger charge is -2.34. The number of aromatic nitrogens is 2. The molecule has 0 spiro atoms. The summed E-state index contributed by atoms with van der Waals surface area (Å²) in [5.41, 5.74) is 1.37. The van der Waals surface area contributed by atoms with Gasteiger partial charge in [0.1, 0.15) is 11.6 Å². The Morgan fingerprint density at radius 1 is 1.23 bits per heavy atom. The summed E-state index contributed by atoms with van der Waals surface area (Å²) in [6.07, 6.45) is 2.33. The fourth-order valence-electron chi connectivity index (χ4n) is 2.75. The summed E-state index contributed by atoms with van der Waals surface area (Å²) in [5.74, 6) is 1.02. The van der Waals surface area contributed by atoms with Crippen LogP contribution in [0.4, 0.5) is 11.6 Å². The lowest BCUT2D eigenvalue weighted by atomic mass is 10.2. The second-order valence-corrected chi connectivity index (χ2v) is 7.55. The van der Waals surface area contributed by atoms with Gasteiger partial charge in [-0.3, -0.25) is 4.72 Å².